The Labute approximate surface area is 172 Å². The zero-order chi connectivity index (χ0) is 20.1. The van der Waals surface area contributed by atoms with E-state index in [-0.39, 0.29) is 12.4 Å². The molecule has 0 aromatic carbocycles. The molecule has 27 heavy (non-hydrogen) atoms. The number of carbonyl (C=O) groups is 2. The molecule has 0 radical (unpaired) electrons. The fraction of sp³-hybridized carbons (Fsp3) is 0.800. The van der Waals surface area contributed by atoms with Gasteiger partial charge in [-0.05, 0) is 31.3 Å². The summed E-state index contributed by atoms with van der Waals surface area (Å²) in [4.78, 5) is 25.1. The van der Waals surface area contributed by atoms with Crippen molar-refractivity contribution >= 4 is 35.5 Å². The van der Waals surface area contributed by atoms with Gasteiger partial charge in [0, 0.05) is 5.75 Å². The highest BCUT2D eigenvalue weighted by Crippen LogP contribution is 2.43. The molecule has 0 amide bonds. The lowest BCUT2D eigenvalue weighted by Gasteiger charge is -2.27. The molecule has 1 atom stereocenters. The highest BCUT2D eigenvalue weighted by molar-refractivity contribution is 8.03. The molecule has 1 N–H and O–H groups in total. The number of esters is 2. The van der Waals surface area contributed by atoms with Crippen LogP contribution in [-0.2, 0) is 19.1 Å². The standard InChI is InChI=1S/C20H34O5S2/c1-4-7-9-11-13-26-15-20(19(23)24-6-3)17(16(21)18(22)25-20)27-14-12-10-8-5-2/h21H,4-15H2,1-3H3. The van der Waals surface area contributed by atoms with E-state index in [1.165, 1.54) is 24.6 Å². The Bertz CT molecular complexity index is 507. The summed E-state index contributed by atoms with van der Waals surface area (Å²) in [5, 5.41) is 10.3. The number of carbonyl (C=O) groups excluding carboxylic acids is 2. The Morgan fingerprint density at radius 1 is 1.04 bits per heavy atom. The van der Waals surface area contributed by atoms with Crippen LogP contribution in [0.4, 0.5) is 0 Å². The van der Waals surface area contributed by atoms with Crippen molar-refractivity contribution in [2.75, 3.05) is 23.9 Å². The van der Waals surface area contributed by atoms with Gasteiger partial charge in [0.05, 0.1) is 11.5 Å². The number of hydrogen-bond acceptors (Lipinski definition) is 7. The van der Waals surface area contributed by atoms with Gasteiger partial charge in [-0.2, -0.15) is 11.8 Å². The summed E-state index contributed by atoms with van der Waals surface area (Å²) in [6.07, 6.45) is 8.91. The molecule has 156 valence electrons. The highest BCUT2D eigenvalue weighted by atomic mass is 32.2. The summed E-state index contributed by atoms with van der Waals surface area (Å²) < 4.78 is 10.6. The molecule has 0 aliphatic carbocycles. The number of unbranched alkanes of at least 4 members (excludes halogenated alkanes) is 6. The Balaban J connectivity index is 2.80. The van der Waals surface area contributed by atoms with Crippen LogP contribution >= 0.6 is 23.5 Å². The predicted octanol–water partition coefficient (Wildman–Crippen LogP) is 5.24. The third kappa shape index (κ3) is 7.26. The number of aliphatic hydroxyl groups excluding tert-OH is 1. The van der Waals surface area contributed by atoms with Gasteiger partial charge in [0.25, 0.3) is 5.60 Å². The van der Waals surface area contributed by atoms with Crippen molar-refractivity contribution in [3.8, 4) is 0 Å². The van der Waals surface area contributed by atoms with Crippen molar-refractivity contribution in [2.45, 2.75) is 77.7 Å². The van der Waals surface area contributed by atoms with Gasteiger partial charge in [-0.1, -0.05) is 52.4 Å². The molecule has 0 aromatic rings. The van der Waals surface area contributed by atoms with E-state index >= 15 is 0 Å². The minimum absolute atomic E-state index is 0.203. The molecule has 0 saturated carbocycles. The molecule has 1 unspecified atom stereocenters. The minimum atomic E-state index is -1.50. The zero-order valence-corrected chi connectivity index (χ0v) is 18.5. The molecule has 0 saturated heterocycles. The van der Waals surface area contributed by atoms with Crippen molar-refractivity contribution in [3.63, 3.8) is 0 Å². The largest absolute Gasteiger partial charge is 0.501 e. The van der Waals surface area contributed by atoms with Crippen molar-refractivity contribution in [2.24, 2.45) is 0 Å². The minimum Gasteiger partial charge on any atom is -0.501 e. The molecule has 1 aliphatic rings. The average molecular weight is 419 g/mol. The first-order chi connectivity index (χ1) is 13.0. The molecule has 1 rings (SSSR count). The molecular formula is C20H34O5S2. The van der Waals surface area contributed by atoms with E-state index in [9.17, 15) is 14.7 Å². The smallest absolute Gasteiger partial charge is 0.375 e. The summed E-state index contributed by atoms with van der Waals surface area (Å²) in [5.74, 6) is 0.0532. The Kier molecular flexibility index (Phi) is 12.0. The third-order valence-electron chi connectivity index (χ3n) is 4.34. The van der Waals surface area contributed by atoms with Crippen molar-refractivity contribution in [3.05, 3.63) is 10.7 Å². The van der Waals surface area contributed by atoms with Crippen molar-refractivity contribution < 1.29 is 24.2 Å². The Morgan fingerprint density at radius 3 is 2.26 bits per heavy atom. The lowest BCUT2D eigenvalue weighted by atomic mass is 10.1. The quantitative estimate of drug-likeness (QED) is 0.288. The van der Waals surface area contributed by atoms with E-state index in [1.54, 1.807) is 18.7 Å². The van der Waals surface area contributed by atoms with Crippen LogP contribution < -0.4 is 0 Å². The van der Waals surface area contributed by atoms with Gasteiger partial charge >= 0.3 is 11.9 Å². The second-order valence-electron chi connectivity index (χ2n) is 6.64. The first kappa shape index (κ1) is 24.2. The lowest BCUT2D eigenvalue weighted by molar-refractivity contribution is -0.169. The maximum absolute atomic E-state index is 12.7. The molecular weight excluding hydrogens is 384 g/mol. The number of cyclic esters (lactones) is 1. The summed E-state index contributed by atoms with van der Waals surface area (Å²) in [6.45, 7) is 6.24. The number of hydrogen-bond donors (Lipinski definition) is 1. The normalized spacial score (nSPS) is 19.4. The van der Waals surface area contributed by atoms with Crippen LogP contribution in [0, 0.1) is 0 Å². The first-order valence-electron chi connectivity index (χ1n) is 10.1. The van der Waals surface area contributed by atoms with Crippen LogP contribution in [-0.4, -0.2) is 46.5 Å². The summed E-state index contributed by atoms with van der Waals surface area (Å²) in [7, 11) is 0. The SMILES string of the molecule is CCCCCCSCC1(C(=O)OCC)OC(=O)C(O)=C1SCCCCCC. The molecule has 0 fully saturated rings. The van der Waals surface area contributed by atoms with Crippen LogP contribution in [0.25, 0.3) is 0 Å². The molecule has 7 heteroatoms. The fourth-order valence-electron chi connectivity index (χ4n) is 2.81. The lowest BCUT2D eigenvalue weighted by Crippen LogP contribution is -2.45. The van der Waals surface area contributed by atoms with Gasteiger partial charge in [-0.15, -0.1) is 11.8 Å². The fourth-order valence-corrected chi connectivity index (χ4v) is 5.26. The van der Waals surface area contributed by atoms with Gasteiger partial charge in [-0.25, -0.2) is 9.59 Å². The van der Waals surface area contributed by atoms with E-state index in [4.69, 9.17) is 9.47 Å². The monoisotopic (exact) mass is 418 g/mol. The number of aliphatic hydroxyl groups is 1. The molecule has 1 aliphatic heterocycles. The predicted molar refractivity (Wildman–Crippen MR) is 113 cm³/mol. The molecule has 0 spiro atoms. The van der Waals surface area contributed by atoms with Crippen LogP contribution in [0.1, 0.15) is 72.1 Å². The maximum Gasteiger partial charge on any atom is 0.375 e. The van der Waals surface area contributed by atoms with Gasteiger partial charge in [0.1, 0.15) is 0 Å². The van der Waals surface area contributed by atoms with Crippen molar-refractivity contribution in [1.82, 2.24) is 0 Å². The topological polar surface area (TPSA) is 72.8 Å². The second kappa shape index (κ2) is 13.4. The van der Waals surface area contributed by atoms with Gasteiger partial charge < -0.3 is 14.6 Å². The van der Waals surface area contributed by atoms with E-state index in [0.29, 0.717) is 4.91 Å². The van der Waals surface area contributed by atoms with Crippen LogP contribution in [0.2, 0.25) is 0 Å². The number of rotatable bonds is 15. The Morgan fingerprint density at radius 2 is 1.67 bits per heavy atom. The van der Waals surface area contributed by atoms with Gasteiger partial charge in [0.2, 0.25) is 5.76 Å². The number of thioether (sulfide) groups is 2. The second-order valence-corrected chi connectivity index (χ2v) is 8.85. The van der Waals surface area contributed by atoms with Crippen LogP contribution in [0.5, 0.6) is 0 Å². The van der Waals surface area contributed by atoms with E-state index in [2.05, 4.69) is 13.8 Å². The number of ether oxygens (including phenoxy) is 2. The zero-order valence-electron chi connectivity index (χ0n) is 16.9. The summed E-state index contributed by atoms with van der Waals surface area (Å²) >= 11 is 2.92. The maximum atomic E-state index is 12.7. The third-order valence-corrected chi connectivity index (χ3v) is 6.83. The van der Waals surface area contributed by atoms with Crippen LogP contribution in [0.15, 0.2) is 10.7 Å². The van der Waals surface area contributed by atoms with E-state index < -0.39 is 23.3 Å². The molecule has 5 nitrogen and oxygen atoms in total. The average Bonchev–Trinajstić information content (AvgIpc) is 2.90. The summed E-state index contributed by atoms with van der Waals surface area (Å²) in [6, 6.07) is 0. The highest BCUT2D eigenvalue weighted by Gasteiger charge is 2.55. The van der Waals surface area contributed by atoms with Gasteiger partial charge in [-0.3, -0.25) is 0 Å². The van der Waals surface area contributed by atoms with E-state index in [1.807, 2.05) is 0 Å². The summed E-state index contributed by atoms with van der Waals surface area (Å²) in [5.41, 5.74) is -1.50. The molecule has 0 aromatic heterocycles. The first-order valence-corrected chi connectivity index (χ1v) is 12.2. The molecule has 1 heterocycles. The Hall–Kier alpha value is -0.820. The van der Waals surface area contributed by atoms with E-state index in [0.717, 1.165) is 50.0 Å². The molecule has 0 bridgehead atoms. The van der Waals surface area contributed by atoms with Crippen LogP contribution in [0.3, 0.4) is 0 Å². The van der Waals surface area contributed by atoms with Crippen molar-refractivity contribution in [1.29, 1.82) is 0 Å². The van der Waals surface area contributed by atoms with Gasteiger partial charge in [0.15, 0.2) is 0 Å².